The fourth-order valence-corrected chi connectivity index (χ4v) is 4.29. The summed E-state index contributed by atoms with van der Waals surface area (Å²) in [7, 11) is 0. The van der Waals surface area contributed by atoms with Gasteiger partial charge in [0.15, 0.2) is 0 Å². The third-order valence-corrected chi connectivity index (χ3v) is 5.96. The molecule has 1 fully saturated rings. The maximum atomic E-state index is 13.9. The van der Waals surface area contributed by atoms with Crippen LogP contribution in [0.2, 0.25) is 5.02 Å². The molecule has 3 aromatic rings. The maximum Gasteiger partial charge on any atom is 0.242 e. The smallest absolute Gasteiger partial charge is 0.242 e. The highest BCUT2D eigenvalue weighted by Gasteiger charge is 2.38. The number of H-pyrrole nitrogens is 1. The molecular weight excluding hydrogens is 421 g/mol. The molecule has 2 aromatic carbocycles. The Bertz CT molecular complexity index is 1120. The first kappa shape index (κ1) is 21.3. The Kier molecular flexibility index (Phi) is 6.25. The fraction of sp³-hybridized carbons (Fsp3) is 0.304. The minimum Gasteiger partial charge on any atom is -0.391 e. The zero-order valence-corrected chi connectivity index (χ0v) is 17.5. The van der Waals surface area contributed by atoms with Gasteiger partial charge in [0.1, 0.15) is 11.9 Å². The van der Waals surface area contributed by atoms with Crippen molar-refractivity contribution in [2.24, 2.45) is 0 Å². The van der Waals surface area contributed by atoms with E-state index in [2.05, 4.69) is 10.3 Å². The van der Waals surface area contributed by atoms with Crippen LogP contribution in [0.3, 0.4) is 0 Å². The minimum atomic E-state index is -0.781. The van der Waals surface area contributed by atoms with Crippen molar-refractivity contribution in [2.75, 3.05) is 13.1 Å². The molecule has 6 nitrogen and oxygen atoms in total. The van der Waals surface area contributed by atoms with E-state index in [1.165, 1.54) is 11.0 Å². The fourth-order valence-electron chi connectivity index (χ4n) is 4.06. The summed E-state index contributed by atoms with van der Waals surface area (Å²) < 4.78 is 13.9. The van der Waals surface area contributed by atoms with Gasteiger partial charge in [0.25, 0.3) is 0 Å². The van der Waals surface area contributed by atoms with Crippen LogP contribution in [0.25, 0.3) is 10.9 Å². The van der Waals surface area contributed by atoms with E-state index in [0.29, 0.717) is 18.0 Å². The Hall–Kier alpha value is -2.90. The number of halogens is 2. The van der Waals surface area contributed by atoms with Crippen LogP contribution in [0, 0.1) is 5.82 Å². The zero-order valence-electron chi connectivity index (χ0n) is 16.8. The van der Waals surface area contributed by atoms with Crippen LogP contribution in [-0.2, 0) is 22.4 Å². The molecule has 8 heteroatoms. The average molecular weight is 444 g/mol. The van der Waals surface area contributed by atoms with Crippen LogP contribution in [0.5, 0.6) is 0 Å². The summed E-state index contributed by atoms with van der Waals surface area (Å²) in [4.78, 5) is 30.0. The standard InChI is InChI=1S/C23H23ClFN3O3/c24-18-6-3-5-17-15(12-27-22(17)18)8-9-26-23(31)20-11-16(29)13-28(20)21(30)10-14-4-1-2-7-19(14)25/h1-7,12,16,20,27,29H,8-11,13H2,(H,26,31). The summed E-state index contributed by atoms with van der Waals surface area (Å²) in [5.41, 5.74) is 2.15. The number of benzene rings is 2. The molecular formula is C23H23ClFN3O3. The number of hydrogen-bond acceptors (Lipinski definition) is 3. The second-order valence-corrected chi connectivity index (χ2v) is 8.14. The Balaban J connectivity index is 1.37. The van der Waals surface area contributed by atoms with Gasteiger partial charge in [0.2, 0.25) is 11.8 Å². The highest BCUT2D eigenvalue weighted by atomic mass is 35.5. The second-order valence-electron chi connectivity index (χ2n) is 7.74. The van der Waals surface area contributed by atoms with Crippen molar-refractivity contribution in [3.63, 3.8) is 0 Å². The Labute approximate surface area is 184 Å². The number of aromatic amines is 1. The molecule has 2 amide bonds. The first-order valence-corrected chi connectivity index (χ1v) is 10.5. The normalized spacial score (nSPS) is 18.5. The molecule has 0 spiro atoms. The highest BCUT2D eigenvalue weighted by molar-refractivity contribution is 6.35. The maximum absolute atomic E-state index is 13.9. The Morgan fingerprint density at radius 2 is 2.00 bits per heavy atom. The largest absolute Gasteiger partial charge is 0.391 e. The van der Waals surface area contributed by atoms with E-state index in [9.17, 15) is 19.1 Å². The van der Waals surface area contributed by atoms with E-state index in [1.54, 1.807) is 18.2 Å². The molecule has 4 rings (SSSR count). The van der Waals surface area contributed by atoms with Crippen molar-refractivity contribution in [1.82, 2.24) is 15.2 Å². The number of nitrogens with zero attached hydrogens (tertiary/aromatic N) is 1. The highest BCUT2D eigenvalue weighted by Crippen LogP contribution is 2.25. The van der Waals surface area contributed by atoms with Crippen LogP contribution in [0.1, 0.15) is 17.5 Å². The number of carbonyl (C=O) groups excluding carboxylic acids is 2. The molecule has 0 radical (unpaired) electrons. The summed E-state index contributed by atoms with van der Waals surface area (Å²) in [5, 5.41) is 14.5. The molecule has 1 saturated heterocycles. The monoisotopic (exact) mass is 443 g/mol. The Morgan fingerprint density at radius 1 is 1.19 bits per heavy atom. The molecule has 3 N–H and O–H groups in total. The zero-order chi connectivity index (χ0) is 22.0. The molecule has 0 aliphatic carbocycles. The molecule has 2 atom stereocenters. The van der Waals surface area contributed by atoms with Crippen LogP contribution < -0.4 is 5.32 Å². The van der Waals surface area contributed by atoms with Crippen LogP contribution in [-0.4, -0.2) is 52.0 Å². The molecule has 1 aromatic heterocycles. The third-order valence-electron chi connectivity index (χ3n) is 5.65. The predicted molar refractivity (Wildman–Crippen MR) is 116 cm³/mol. The topological polar surface area (TPSA) is 85.4 Å². The van der Waals surface area contributed by atoms with Gasteiger partial charge in [-0.1, -0.05) is 41.9 Å². The summed E-state index contributed by atoms with van der Waals surface area (Å²) in [6, 6.07) is 10.9. The van der Waals surface area contributed by atoms with Crippen molar-refractivity contribution < 1.29 is 19.1 Å². The number of nitrogens with one attached hydrogen (secondary N) is 2. The van der Waals surface area contributed by atoms with Gasteiger partial charge in [0, 0.05) is 31.1 Å². The van der Waals surface area contributed by atoms with Crippen LogP contribution in [0.15, 0.2) is 48.7 Å². The second kappa shape index (κ2) is 9.08. The van der Waals surface area contributed by atoms with Gasteiger partial charge in [-0.2, -0.15) is 0 Å². The van der Waals surface area contributed by atoms with Gasteiger partial charge >= 0.3 is 0 Å². The molecule has 162 valence electrons. The van der Waals surface area contributed by atoms with Gasteiger partial charge in [0.05, 0.1) is 23.1 Å². The average Bonchev–Trinajstić information content (AvgIpc) is 3.34. The number of amides is 2. The SMILES string of the molecule is O=C(NCCc1c[nH]c2c(Cl)cccc12)C1CC(O)CN1C(=O)Cc1ccccc1F. The first-order chi connectivity index (χ1) is 14.9. The number of carbonyl (C=O) groups is 2. The first-order valence-electron chi connectivity index (χ1n) is 10.2. The van der Waals surface area contributed by atoms with Crippen molar-refractivity contribution in [1.29, 1.82) is 0 Å². The summed E-state index contributed by atoms with van der Waals surface area (Å²) in [6.45, 7) is 0.437. The lowest BCUT2D eigenvalue weighted by Gasteiger charge is -2.24. The van der Waals surface area contributed by atoms with Crippen molar-refractivity contribution in [3.05, 3.63) is 70.6 Å². The van der Waals surface area contributed by atoms with Crippen LogP contribution in [0.4, 0.5) is 4.39 Å². The van der Waals surface area contributed by atoms with Crippen LogP contribution >= 0.6 is 11.6 Å². The van der Waals surface area contributed by atoms with E-state index < -0.39 is 18.0 Å². The molecule has 1 aliphatic rings. The minimum absolute atomic E-state index is 0.0618. The van der Waals surface area contributed by atoms with E-state index in [1.807, 2.05) is 24.4 Å². The number of hydrogen-bond donors (Lipinski definition) is 3. The molecule has 31 heavy (non-hydrogen) atoms. The number of fused-ring (bicyclic) bond motifs is 1. The van der Waals surface area contributed by atoms with E-state index in [-0.39, 0.29) is 36.8 Å². The van der Waals surface area contributed by atoms with Crippen molar-refractivity contribution in [3.8, 4) is 0 Å². The van der Waals surface area contributed by atoms with E-state index in [4.69, 9.17) is 11.6 Å². The number of β-amino-alcohol motifs (C(OH)–C–C–N with tert-alkyl or cyclic N) is 1. The quantitative estimate of drug-likeness (QED) is 0.547. The van der Waals surface area contributed by atoms with E-state index in [0.717, 1.165) is 16.5 Å². The lowest BCUT2D eigenvalue weighted by Crippen LogP contribution is -2.46. The van der Waals surface area contributed by atoms with E-state index >= 15 is 0 Å². The molecule has 0 bridgehead atoms. The van der Waals surface area contributed by atoms with Gasteiger partial charge in [-0.15, -0.1) is 0 Å². The van der Waals surface area contributed by atoms with Gasteiger partial charge in [-0.25, -0.2) is 4.39 Å². The van der Waals surface area contributed by atoms with Gasteiger partial charge in [-0.3, -0.25) is 9.59 Å². The van der Waals surface area contributed by atoms with Crippen molar-refractivity contribution >= 4 is 34.3 Å². The molecule has 1 aliphatic heterocycles. The molecule has 0 saturated carbocycles. The number of aromatic nitrogens is 1. The van der Waals surface area contributed by atoms with Gasteiger partial charge in [-0.05, 0) is 29.7 Å². The summed E-state index contributed by atoms with van der Waals surface area (Å²) in [5.74, 6) is -1.17. The predicted octanol–water partition coefficient (Wildman–Crippen LogP) is 2.82. The summed E-state index contributed by atoms with van der Waals surface area (Å²) in [6.07, 6.45) is 1.68. The summed E-state index contributed by atoms with van der Waals surface area (Å²) >= 11 is 6.18. The van der Waals surface area contributed by atoms with Crippen molar-refractivity contribution in [2.45, 2.75) is 31.4 Å². The number of rotatable bonds is 6. The lowest BCUT2D eigenvalue weighted by molar-refractivity contribution is -0.138. The Morgan fingerprint density at radius 3 is 2.81 bits per heavy atom. The van der Waals surface area contributed by atoms with Gasteiger partial charge < -0.3 is 20.3 Å². The molecule has 2 unspecified atom stereocenters. The lowest BCUT2D eigenvalue weighted by atomic mass is 10.1. The number of para-hydroxylation sites is 1. The number of aliphatic hydroxyl groups is 1. The number of likely N-dealkylation sites (tertiary alicyclic amines) is 1. The third kappa shape index (κ3) is 4.57. The molecule has 2 heterocycles. The number of aliphatic hydroxyl groups excluding tert-OH is 1.